The van der Waals surface area contributed by atoms with Crippen LogP contribution in [0.15, 0.2) is 24.3 Å². The lowest BCUT2D eigenvalue weighted by molar-refractivity contribution is 0.0490. The Morgan fingerprint density at radius 1 is 1.27 bits per heavy atom. The molecule has 1 aromatic rings. The highest BCUT2D eigenvalue weighted by atomic mass is 16.7. The van der Waals surface area contributed by atoms with Crippen molar-refractivity contribution in [1.29, 1.82) is 0 Å². The molecule has 0 saturated carbocycles. The van der Waals surface area contributed by atoms with E-state index >= 15 is 0 Å². The number of benzene rings is 1. The van der Waals surface area contributed by atoms with Gasteiger partial charge >= 0.3 is 5.97 Å². The quantitative estimate of drug-likeness (QED) is 0.755. The van der Waals surface area contributed by atoms with Crippen LogP contribution in [0.1, 0.15) is 31.1 Å². The van der Waals surface area contributed by atoms with E-state index in [0.29, 0.717) is 11.3 Å². The molecule has 4 heteroatoms. The van der Waals surface area contributed by atoms with E-state index in [1.165, 1.54) is 0 Å². The maximum Gasteiger partial charge on any atom is 0.360 e. The van der Waals surface area contributed by atoms with Crippen molar-refractivity contribution in [3.8, 4) is 5.75 Å². The van der Waals surface area contributed by atoms with Crippen molar-refractivity contribution < 1.29 is 14.4 Å². The predicted molar refractivity (Wildman–Crippen MR) is 56.4 cm³/mol. The van der Waals surface area contributed by atoms with Crippen LogP contribution in [0.3, 0.4) is 0 Å². The summed E-state index contributed by atoms with van der Waals surface area (Å²) in [6.45, 7) is 5.70. The van der Waals surface area contributed by atoms with Gasteiger partial charge in [0.1, 0.15) is 16.9 Å². The summed E-state index contributed by atoms with van der Waals surface area (Å²) in [6.07, 6.45) is 0. The van der Waals surface area contributed by atoms with Crippen LogP contribution in [0.5, 0.6) is 5.75 Å². The molecule has 0 bridgehead atoms. The van der Waals surface area contributed by atoms with Crippen LogP contribution in [0.4, 0.5) is 0 Å². The fourth-order valence-electron chi connectivity index (χ4n) is 1.12. The molecular weight excluding hydrogens is 194 g/mol. The summed E-state index contributed by atoms with van der Waals surface area (Å²) >= 11 is 0. The smallest absolute Gasteiger partial charge is 0.360 e. The summed E-state index contributed by atoms with van der Waals surface area (Å²) in [4.78, 5) is 15.5. The molecule has 2 N–H and O–H groups in total. The van der Waals surface area contributed by atoms with Crippen molar-refractivity contribution in [1.82, 2.24) is 0 Å². The summed E-state index contributed by atoms with van der Waals surface area (Å²) in [5.74, 6) is 4.70. The largest absolute Gasteiger partial charge is 0.487 e. The van der Waals surface area contributed by atoms with Crippen LogP contribution in [0.2, 0.25) is 0 Å². The number of nitrogens with two attached hydrogens (primary N) is 1. The van der Waals surface area contributed by atoms with Crippen molar-refractivity contribution in [3.63, 3.8) is 0 Å². The highest BCUT2D eigenvalue weighted by Crippen LogP contribution is 2.23. The molecule has 0 spiro atoms. The molecule has 0 radical (unpaired) electrons. The van der Waals surface area contributed by atoms with Gasteiger partial charge in [-0.05, 0) is 32.9 Å². The fraction of sp³-hybridized carbons (Fsp3) is 0.364. The molecule has 15 heavy (non-hydrogen) atoms. The maximum atomic E-state index is 11.3. The summed E-state index contributed by atoms with van der Waals surface area (Å²) < 4.78 is 5.60. The molecule has 0 fully saturated rings. The number of para-hydroxylation sites is 1. The minimum Gasteiger partial charge on any atom is -0.487 e. The number of carbonyl (C=O) groups excluding carboxylic acids is 1. The van der Waals surface area contributed by atoms with E-state index in [4.69, 9.17) is 10.6 Å². The average molecular weight is 209 g/mol. The van der Waals surface area contributed by atoms with Crippen molar-refractivity contribution in [3.05, 3.63) is 29.8 Å². The second-order valence-electron chi connectivity index (χ2n) is 4.12. The topological polar surface area (TPSA) is 61.5 Å². The van der Waals surface area contributed by atoms with Crippen LogP contribution >= 0.6 is 0 Å². The fourth-order valence-corrected chi connectivity index (χ4v) is 1.12. The van der Waals surface area contributed by atoms with Gasteiger partial charge in [-0.1, -0.05) is 12.1 Å². The Hall–Kier alpha value is -1.55. The summed E-state index contributed by atoms with van der Waals surface area (Å²) in [6, 6.07) is 6.82. The summed E-state index contributed by atoms with van der Waals surface area (Å²) in [7, 11) is 0. The van der Waals surface area contributed by atoms with E-state index in [0.717, 1.165) is 0 Å². The Kier molecular flexibility index (Phi) is 3.31. The highest BCUT2D eigenvalue weighted by molar-refractivity contribution is 5.92. The zero-order valence-electron chi connectivity index (χ0n) is 9.11. The first kappa shape index (κ1) is 11.5. The van der Waals surface area contributed by atoms with Gasteiger partial charge in [-0.25, -0.2) is 4.79 Å². The van der Waals surface area contributed by atoms with Gasteiger partial charge in [0.2, 0.25) is 0 Å². The van der Waals surface area contributed by atoms with Gasteiger partial charge in [-0.2, -0.15) is 5.90 Å². The van der Waals surface area contributed by atoms with Gasteiger partial charge < -0.3 is 9.57 Å². The molecule has 0 amide bonds. The molecule has 0 heterocycles. The van der Waals surface area contributed by atoms with Gasteiger partial charge in [0.25, 0.3) is 0 Å². The van der Waals surface area contributed by atoms with Gasteiger partial charge in [0, 0.05) is 0 Å². The maximum absolute atomic E-state index is 11.3. The normalized spacial score (nSPS) is 10.9. The first-order valence-corrected chi connectivity index (χ1v) is 4.63. The minimum atomic E-state index is -0.602. The first-order chi connectivity index (χ1) is 6.94. The SMILES string of the molecule is CC(C)(C)Oc1ccccc1C(=O)ON. The third kappa shape index (κ3) is 3.25. The molecule has 0 atom stereocenters. The Bertz CT molecular complexity index is 355. The molecular formula is C11H15NO3. The standard InChI is InChI=1S/C11H15NO3/c1-11(2,3)14-9-7-5-4-6-8(9)10(13)15-12/h4-7H,12H2,1-3H3. The molecule has 1 rings (SSSR count). The zero-order chi connectivity index (χ0) is 11.5. The number of ether oxygens (including phenoxy) is 1. The molecule has 0 aromatic heterocycles. The molecule has 0 unspecified atom stereocenters. The monoisotopic (exact) mass is 209 g/mol. The Morgan fingerprint density at radius 2 is 1.87 bits per heavy atom. The van der Waals surface area contributed by atoms with Crippen LogP contribution in [0.25, 0.3) is 0 Å². The van der Waals surface area contributed by atoms with Crippen LogP contribution in [-0.4, -0.2) is 11.6 Å². The average Bonchev–Trinajstić information content (AvgIpc) is 2.15. The lowest BCUT2D eigenvalue weighted by Crippen LogP contribution is -2.24. The minimum absolute atomic E-state index is 0.329. The molecule has 82 valence electrons. The van der Waals surface area contributed by atoms with Crippen LogP contribution in [0, 0.1) is 0 Å². The lowest BCUT2D eigenvalue weighted by atomic mass is 10.1. The van der Waals surface area contributed by atoms with E-state index in [1.807, 2.05) is 20.8 Å². The Balaban J connectivity index is 3.02. The van der Waals surface area contributed by atoms with Crippen molar-refractivity contribution in [2.24, 2.45) is 5.90 Å². The van der Waals surface area contributed by atoms with Gasteiger partial charge in [-0.3, -0.25) is 0 Å². The van der Waals surface area contributed by atoms with E-state index < -0.39 is 5.97 Å². The first-order valence-electron chi connectivity index (χ1n) is 4.63. The molecule has 4 nitrogen and oxygen atoms in total. The number of rotatable bonds is 2. The van der Waals surface area contributed by atoms with Gasteiger partial charge in [-0.15, -0.1) is 0 Å². The molecule has 0 aliphatic rings. The van der Waals surface area contributed by atoms with Crippen molar-refractivity contribution in [2.45, 2.75) is 26.4 Å². The predicted octanol–water partition coefficient (Wildman–Crippen LogP) is 1.89. The number of hydrogen-bond acceptors (Lipinski definition) is 4. The van der Waals surface area contributed by atoms with E-state index in [-0.39, 0.29) is 5.60 Å². The second-order valence-corrected chi connectivity index (χ2v) is 4.12. The molecule has 0 saturated heterocycles. The highest BCUT2D eigenvalue weighted by Gasteiger charge is 2.18. The van der Waals surface area contributed by atoms with E-state index in [9.17, 15) is 4.79 Å². The number of carbonyl (C=O) groups is 1. The Morgan fingerprint density at radius 3 is 2.40 bits per heavy atom. The van der Waals surface area contributed by atoms with E-state index in [2.05, 4.69) is 4.84 Å². The summed E-state index contributed by atoms with van der Waals surface area (Å²) in [5.41, 5.74) is -0.0414. The van der Waals surface area contributed by atoms with Crippen LogP contribution < -0.4 is 10.6 Å². The Labute approximate surface area is 88.9 Å². The lowest BCUT2D eigenvalue weighted by Gasteiger charge is -2.22. The molecule has 0 aliphatic carbocycles. The molecule has 0 aliphatic heterocycles. The van der Waals surface area contributed by atoms with Crippen molar-refractivity contribution >= 4 is 5.97 Å². The summed E-state index contributed by atoms with van der Waals surface area (Å²) in [5, 5.41) is 0. The second kappa shape index (κ2) is 4.31. The van der Waals surface area contributed by atoms with E-state index in [1.54, 1.807) is 24.3 Å². The number of hydrogen-bond donors (Lipinski definition) is 1. The molecule has 1 aromatic carbocycles. The zero-order valence-corrected chi connectivity index (χ0v) is 9.11. The third-order valence-electron chi connectivity index (χ3n) is 1.63. The van der Waals surface area contributed by atoms with Crippen molar-refractivity contribution in [2.75, 3.05) is 0 Å². The van der Waals surface area contributed by atoms with Crippen LogP contribution in [-0.2, 0) is 4.84 Å². The third-order valence-corrected chi connectivity index (χ3v) is 1.63. The van der Waals surface area contributed by atoms with Gasteiger partial charge in [0.05, 0.1) is 0 Å². The van der Waals surface area contributed by atoms with Gasteiger partial charge in [0.15, 0.2) is 0 Å².